The fraction of sp³-hybridized carbons (Fsp3) is 0.250. The molecule has 4 nitrogen and oxygen atoms in total. The van der Waals surface area contributed by atoms with E-state index in [1.165, 1.54) is 16.7 Å². The Morgan fingerprint density at radius 2 is 1.79 bits per heavy atom. The van der Waals surface area contributed by atoms with Gasteiger partial charge in [-0.25, -0.2) is 5.43 Å². The number of rotatable bonds is 7. The van der Waals surface area contributed by atoms with Gasteiger partial charge in [-0.2, -0.15) is 5.10 Å². The Bertz CT molecular complexity index is 1020. The summed E-state index contributed by atoms with van der Waals surface area (Å²) in [5, 5.41) is 4.16. The van der Waals surface area contributed by atoms with Gasteiger partial charge in [0.25, 0.3) is 0 Å². The predicted octanol–water partition coefficient (Wildman–Crippen LogP) is 5.09. The molecule has 5 heteroatoms. The molecule has 1 heterocycles. The minimum Gasteiger partial charge on any atom is -0.318 e. The Labute approximate surface area is 177 Å². The minimum absolute atomic E-state index is 0.0925. The molecular weight excluding hydrogens is 378 g/mol. The first-order valence-corrected chi connectivity index (χ1v) is 10.8. The molecule has 150 valence electrons. The van der Waals surface area contributed by atoms with E-state index in [0.717, 1.165) is 28.4 Å². The number of benzene rings is 2. The second-order valence-electron chi connectivity index (χ2n) is 7.20. The molecule has 0 radical (unpaired) electrons. The molecule has 0 aliphatic rings. The molecule has 0 atom stereocenters. The summed E-state index contributed by atoms with van der Waals surface area (Å²) in [6.45, 7) is 8.40. The van der Waals surface area contributed by atoms with E-state index in [1.54, 1.807) is 18.0 Å². The monoisotopic (exact) mass is 405 g/mol. The molecule has 0 unspecified atom stereocenters. The molecule has 0 saturated carbocycles. The summed E-state index contributed by atoms with van der Waals surface area (Å²) in [4.78, 5) is 12.0. The normalized spacial score (nSPS) is 11.2. The van der Waals surface area contributed by atoms with Crippen molar-refractivity contribution in [2.24, 2.45) is 5.10 Å². The standard InChI is InChI=1S/C24H27N3OS/c1-17-10-11-23(12-18(17)2)27-19(3)13-22(20(27)4)14-25-26-24(28)16-29-15-21-8-6-5-7-9-21/h5-14H,15-16H2,1-4H3,(H,26,28)/b25-14+. The average molecular weight is 406 g/mol. The van der Waals surface area contributed by atoms with E-state index >= 15 is 0 Å². The van der Waals surface area contributed by atoms with Crippen molar-refractivity contribution >= 4 is 23.9 Å². The topological polar surface area (TPSA) is 46.4 Å². The summed E-state index contributed by atoms with van der Waals surface area (Å²) in [7, 11) is 0. The molecule has 0 aliphatic heterocycles. The largest absolute Gasteiger partial charge is 0.318 e. The number of nitrogens with zero attached hydrogens (tertiary/aromatic N) is 2. The Kier molecular flexibility index (Phi) is 6.94. The lowest BCUT2D eigenvalue weighted by atomic mass is 10.1. The van der Waals surface area contributed by atoms with E-state index < -0.39 is 0 Å². The highest BCUT2D eigenvalue weighted by Gasteiger charge is 2.10. The molecule has 1 aromatic heterocycles. The minimum atomic E-state index is -0.0925. The van der Waals surface area contributed by atoms with Crippen molar-refractivity contribution in [3.8, 4) is 5.69 Å². The van der Waals surface area contributed by atoms with Crippen molar-refractivity contribution in [3.63, 3.8) is 0 Å². The fourth-order valence-electron chi connectivity index (χ4n) is 3.22. The summed E-state index contributed by atoms with van der Waals surface area (Å²) in [5.41, 5.74) is 10.8. The van der Waals surface area contributed by atoms with Crippen molar-refractivity contribution in [3.05, 3.63) is 88.2 Å². The maximum atomic E-state index is 12.0. The molecule has 29 heavy (non-hydrogen) atoms. The molecule has 1 N–H and O–H groups in total. The Morgan fingerprint density at radius 3 is 2.52 bits per heavy atom. The molecular formula is C24H27N3OS. The van der Waals surface area contributed by atoms with Crippen LogP contribution in [-0.2, 0) is 10.5 Å². The van der Waals surface area contributed by atoms with Gasteiger partial charge >= 0.3 is 0 Å². The second-order valence-corrected chi connectivity index (χ2v) is 8.19. The van der Waals surface area contributed by atoms with Crippen molar-refractivity contribution < 1.29 is 4.79 Å². The van der Waals surface area contributed by atoms with Gasteiger partial charge in [-0.1, -0.05) is 36.4 Å². The summed E-state index contributed by atoms with van der Waals surface area (Å²) < 4.78 is 2.21. The summed E-state index contributed by atoms with van der Waals surface area (Å²) in [6.07, 6.45) is 1.72. The third-order valence-electron chi connectivity index (χ3n) is 4.96. The van der Waals surface area contributed by atoms with Crippen LogP contribution in [0.25, 0.3) is 5.69 Å². The van der Waals surface area contributed by atoms with Crippen LogP contribution in [0.4, 0.5) is 0 Å². The highest BCUT2D eigenvalue weighted by atomic mass is 32.2. The number of hydrogen-bond donors (Lipinski definition) is 1. The fourth-order valence-corrected chi connectivity index (χ4v) is 4.00. The van der Waals surface area contributed by atoms with Gasteiger partial charge in [-0.3, -0.25) is 4.79 Å². The molecule has 0 saturated heterocycles. The summed E-state index contributed by atoms with van der Waals surface area (Å²) in [5.74, 6) is 1.10. The Hall–Kier alpha value is -2.79. The van der Waals surface area contributed by atoms with E-state index in [9.17, 15) is 4.79 Å². The number of hydrazone groups is 1. The Balaban J connectivity index is 1.59. The first-order chi connectivity index (χ1) is 14.0. The maximum Gasteiger partial charge on any atom is 0.250 e. The number of carbonyl (C=O) groups excluding carboxylic acids is 1. The smallest absolute Gasteiger partial charge is 0.250 e. The van der Waals surface area contributed by atoms with E-state index in [0.29, 0.717) is 5.75 Å². The van der Waals surface area contributed by atoms with Crippen LogP contribution in [0.2, 0.25) is 0 Å². The first kappa shape index (κ1) is 20.9. The average Bonchev–Trinajstić information content (AvgIpc) is 2.98. The van der Waals surface area contributed by atoms with Crippen molar-refractivity contribution in [1.82, 2.24) is 9.99 Å². The van der Waals surface area contributed by atoms with Crippen LogP contribution in [-0.4, -0.2) is 22.4 Å². The van der Waals surface area contributed by atoms with Gasteiger partial charge in [0.2, 0.25) is 5.91 Å². The Morgan fingerprint density at radius 1 is 1.03 bits per heavy atom. The molecule has 1 amide bonds. The first-order valence-electron chi connectivity index (χ1n) is 9.66. The number of hydrogen-bond acceptors (Lipinski definition) is 3. The van der Waals surface area contributed by atoms with Crippen molar-refractivity contribution in [2.75, 3.05) is 5.75 Å². The lowest BCUT2D eigenvalue weighted by molar-refractivity contribution is -0.118. The molecule has 0 spiro atoms. The zero-order valence-corrected chi connectivity index (χ0v) is 18.2. The van der Waals surface area contributed by atoms with Gasteiger partial charge in [-0.15, -0.1) is 11.8 Å². The van der Waals surface area contributed by atoms with E-state index in [4.69, 9.17) is 0 Å². The predicted molar refractivity (Wildman–Crippen MR) is 123 cm³/mol. The zero-order valence-electron chi connectivity index (χ0n) is 17.4. The number of carbonyl (C=O) groups is 1. The van der Waals surface area contributed by atoms with Crippen LogP contribution in [0.15, 0.2) is 59.7 Å². The lowest BCUT2D eigenvalue weighted by Crippen LogP contribution is -2.19. The quantitative estimate of drug-likeness (QED) is 0.439. The molecule has 2 aromatic carbocycles. The number of aromatic nitrogens is 1. The van der Waals surface area contributed by atoms with Crippen LogP contribution >= 0.6 is 11.8 Å². The summed E-state index contributed by atoms with van der Waals surface area (Å²) in [6, 6.07) is 18.7. The van der Waals surface area contributed by atoms with Crippen molar-refractivity contribution in [2.45, 2.75) is 33.4 Å². The molecule has 0 bridgehead atoms. The number of thioether (sulfide) groups is 1. The molecule has 3 rings (SSSR count). The number of aryl methyl sites for hydroxylation is 3. The van der Waals surface area contributed by atoms with E-state index in [-0.39, 0.29) is 5.91 Å². The van der Waals surface area contributed by atoms with Gasteiger partial charge in [0.1, 0.15) is 0 Å². The van der Waals surface area contributed by atoms with Gasteiger partial charge in [0.05, 0.1) is 12.0 Å². The highest BCUT2D eigenvalue weighted by Crippen LogP contribution is 2.21. The van der Waals surface area contributed by atoms with Crippen LogP contribution in [0.3, 0.4) is 0 Å². The van der Waals surface area contributed by atoms with Crippen LogP contribution in [0.5, 0.6) is 0 Å². The van der Waals surface area contributed by atoms with E-state index in [2.05, 4.69) is 79.2 Å². The third kappa shape index (κ3) is 5.39. The van der Waals surface area contributed by atoms with Gasteiger partial charge in [0.15, 0.2) is 0 Å². The van der Waals surface area contributed by atoms with Crippen LogP contribution < -0.4 is 5.43 Å². The number of amides is 1. The molecule has 0 aliphatic carbocycles. The van der Waals surface area contributed by atoms with Gasteiger partial charge < -0.3 is 4.57 Å². The van der Waals surface area contributed by atoms with Crippen molar-refractivity contribution in [1.29, 1.82) is 0 Å². The van der Waals surface area contributed by atoms with Crippen LogP contribution in [0, 0.1) is 27.7 Å². The lowest BCUT2D eigenvalue weighted by Gasteiger charge is -2.11. The number of nitrogens with one attached hydrogen (secondary N) is 1. The van der Waals surface area contributed by atoms with Gasteiger partial charge in [0, 0.05) is 28.4 Å². The molecule has 3 aromatic rings. The van der Waals surface area contributed by atoms with E-state index in [1.807, 2.05) is 18.2 Å². The van der Waals surface area contributed by atoms with Crippen LogP contribution in [0.1, 0.15) is 33.6 Å². The highest BCUT2D eigenvalue weighted by molar-refractivity contribution is 7.99. The molecule has 0 fully saturated rings. The second kappa shape index (κ2) is 9.61. The zero-order chi connectivity index (χ0) is 20.8. The third-order valence-corrected chi connectivity index (χ3v) is 5.96. The van der Waals surface area contributed by atoms with Gasteiger partial charge in [-0.05, 0) is 62.6 Å². The maximum absolute atomic E-state index is 12.0. The summed E-state index contributed by atoms with van der Waals surface area (Å²) >= 11 is 1.58. The SMILES string of the molecule is Cc1ccc(-n2c(C)cc(/C=N/NC(=O)CSCc3ccccc3)c2C)cc1C.